The average molecular weight is 236 g/mol. The molecule has 1 aliphatic heterocycles. The van der Waals surface area contributed by atoms with Crippen LogP contribution >= 0.6 is 0 Å². The number of rotatable bonds is 4. The van der Waals surface area contributed by atoms with Crippen molar-refractivity contribution in [3.63, 3.8) is 0 Å². The molecule has 1 heterocycles. The summed E-state index contributed by atoms with van der Waals surface area (Å²) >= 11 is 0. The molecule has 1 unspecified atom stereocenters. The third-order valence-electron chi connectivity index (χ3n) is 3.06. The molecule has 3 nitrogen and oxygen atoms in total. The van der Waals surface area contributed by atoms with Crippen LogP contribution in [0.1, 0.15) is 37.0 Å². The molecule has 2 rings (SSSR count). The zero-order chi connectivity index (χ0) is 12.3. The van der Waals surface area contributed by atoms with Gasteiger partial charge < -0.3 is 14.6 Å². The van der Waals surface area contributed by atoms with Crippen LogP contribution in [-0.4, -0.2) is 24.4 Å². The van der Waals surface area contributed by atoms with E-state index < -0.39 is 6.10 Å². The second-order valence-electron chi connectivity index (χ2n) is 4.66. The summed E-state index contributed by atoms with van der Waals surface area (Å²) in [5, 5.41) is 9.71. The van der Waals surface area contributed by atoms with Crippen LogP contribution in [-0.2, 0) is 4.74 Å². The summed E-state index contributed by atoms with van der Waals surface area (Å²) in [7, 11) is 0. The molecule has 17 heavy (non-hydrogen) atoms. The lowest BCUT2D eigenvalue weighted by atomic mass is 10.1. The van der Waals surface area contributed by atoms with E-state index in [4.69, 9.17) is 9.47 Å². The first-order chi connectivity index (χ1) is 8.16. The van der Waals surface area contributed by atoms with Crippen molar-refractivity contribution in [2.45, 2.75) is 38.9 Å². The highest BCUT2D eigenvalue weighted by Crippen LogP contribution is 2.27. The maximum Gasteiger partial charge on any atom is 0.125 e. The minimum atomic E-state index is -0.505. The van der Waals surface area contributed by atoms with Gasteiger partial charge >= 0.3 is 0 Å². The van der Waals surface area contributed by atoms with E-state index in [-0.39, 0.29) is 6.10 Å². The number of benzene rings is 1. The van der Waals surface area contributed by atoms with Gasteiger partial charge in [0.05, 0.1) is 12.2 Å². The van der Waals surface area contributed by atoms with Gasteiger partial charge in [-0.25, -0.2) is 0 Å². The van der Waals surface area contributed by atoms with Gasteiger partial charge in [0.15, 0.2) is 0 Å². The fraction of sp³-hybridized carbons (Fsp3) is 0.571. The lowest BCUT2D eigenvalue weighted by molar-refractivity contribution is 0.0664. The van der Waals surface area contributed by atoms with E-state index in [1.807, 2.05) is 25.1 Å². The molecular weight excluding hydrogens is 216 g/mol. The minimum absolute atomic E-state index is 0.207. The minimum Gasteiger partial charge on any atom is -0.490 e. The summed E-state index contributed by atoms with van der Waals surface area (Å²) in [5.41, 5.74) is 1.98. The molecule has 0 aromatic heterocycles. The Labute approximate surface area is 102 Å². The van der Waals surface area contributed by atoms with Gasteiger partial charge in [0.25, 0.3) is 0 Å². The molecule has 2 atom stereocenters. The first-order valence-corrected chi connectivity index (χ1v) is 6.20. The first kappa shape index (κ1) is 12.4. The molecule has 0 amide bonds. The van der Waals surface area contributed by atoms with Crippen LogP contribution < -0.4 is 4.74 Å². The Morgan fingerprint density at radius 1 is 1.53 bits per heavy atom. The molecule has 94 valence electrons. The fourth-order valence-corrected chi connectivity index (χ4v) is 2.08. The van der Waals surface area contributed by atoms with Gasteiger partial charge in [-0.1, -0.05) is 11.6 Å². The van der Waals surface area contributed by atoms with Gasteiger partial charge in [0.2, 0.25) is 0 Å². The van der Waals surface area contributed by atoms with Crippen LogP contribution in [0, 0.1) is 6.92 Å². The van der Waals surface area contributed by atoms with Gasteiger partial charge in [0, 0.05) is 12.2 Å². The zero-order valence-corrected chi connectivity index (χ0v) is 10.5. The quantitative estimate of drug-likeness (QED) is 0.873. The van der Waals surface area contributed by atoms with Crippen LogP contribution in [0.15, 0.2) is 18.2 Å². The third kappa shape index (κ3) is 3.20. The van der Waals surface area contributed by atoms with Crippen molar-refractivity contribution in [2.24, 2.45) is 0 Å². The van der Waals surface area contributed by atoms with Crippen molar-refractivity contribution in [3.05, 3.63) is 29.3 Å². The molecular formula is C14H20O3. The Morgan fingerprint density at radius 2 is 2.35 bits per heavy atom. The highest BCUT2D eigenvalue weighted by atomic mass is 16.5. The summed E-state index contributed by atoms with van der Waals surface area (Å²) in [6.07, 6.45) is 1.88. The average Bonchev–Trinajstić information content (AvgIpc) is 2.80. The maximum atomic E-state index is 9.71. The zero-order valence-electron chi connectivity index (χ0n) is 10.5. The van der Waals surface area contributed by atoms with E-state index in [2.05, 4.69) is 0 Å². The molecule has 0 aliphatic carbocycles. The van der Waals surface area contributed by atoms with Crippen molar-refractivity contribution in [2.75, 3.05) is 13.2 Å². The molecule has 1 fully saturated rings. The van der Waals surface area contributed by atoms with Gasteiger partial charge in [-0.15, -0.1) is 0 Å². The van der Waals surface area contributed by atoms with Crippen LogP contribution in [0.25, 0.3) is 0 Å². The molecule has 0 radical (unpaired) electrons. The van der Waals surface area contributed by atoms with Crippen LogP contribution in [0.5, 0.6) is 5.75 Å². The topological polar surface area (TPSA) is 38.7 Å². The molecule has 1 saturated heterocycles. The number of aliphatic hydroxyl groups excluding tert-OH is 1. The highest BCUT2D eigenvalue weighted by Gasteiger charge is 2.17. The SMILES string of the molecule is Cc1ccc(OCC2CCCO2)c([C@H](C)O)c1. The van der Waals surface area contributed by atoms with Gasteiger partial charge in [-0.2, -0.15) is 0 Å². The second-order valence-corrected chi connectivity index (χ2v) is 4.66. The van der Waals surface area contributed by atoms with Crippen molar-refractivity contribution in [3.8, 4) is 5.75 Å². The molecule has 3 heteroatoms. The number of hydrogen-bond donors (Lipinski definition) is 1. The number of ether oxygens (including phenoxy) is 2. The molecule has 1 aliphatic rings. The third-order valence-corrected chi connectivity index (χ3v) is 3.06. The van der Waals surface area contributed by atoms with Gasteiger partial charge in [-0.3, -0.25) is 0 Å². The van der Waals surface area contributed by atoms with E-state index in [0.717, 1.165) is 36.3 Å². The summed E-state index contributed by atoms with van der Waals surface area (Å²) in [6, 6.07) is 5.89. The Bertz CT molecular complexity index is 368. The van der Waals surface area contributed by atoms with Gasteiger partial charge in [0.1, 0.15) is 12.4 Å². The normalized spacial score (nSPS) is 21.5. The largest absolute Gasteiger partial charge is 0.490 e. The predicted molar refractivity (Wildman–Crippen MR) is 66.3 cm³/mol. The standard InChI is InChI=1S/C14H20O3/c1-10-5-6-14(13(8-10)11(2)15)17-9-12-4-3-7-16-12/h5-6,8,11-12,15H,3-4,7,9H2,1-2H3/t11-,12?/m0/s1. The van der Waals surface area contributed by atoms with E-state index in [9.17, 15) is 5.11 Å². The molecule has 0 saturated carbocycles. The van der Waals surface area contributed by atoms with E-state index in [1.54, 1.807) is 6.92 Å². The predicted octanol–water partition coefficient (Wildman–Crippen LogP) is 2.61. The van der Waals surface area contributed by atoms with Gasteiger partial charge in [-0.05, 0) is 38.8 Å². The lowest BCUT2D eigenvalue weighted by Gasteiger charge is -2.16. The van der Waals surface area contributed by atoms with Crippen LogP contribution in [0.4, 0.5) is 0 Å². The summed E-state index contributed by atoms with van der Waals surface area (Å²) in [4.78, 5) is 0. The Morgan fingerprint density at radius 3 is 3.00 bits per heavy atom. The highest BCUT2D eigenvalue weighted by molar-refractivity contribution is 5.38. The Kier molecular flexibility index (Phi) is 4.02. The monoisotopic (exact) mass is 236 g/mol. The number of aliphatic hydroxyl groups is 1. The summed E-state index contributed by atoms with van der Waals surface area (Å²) < 4.78 is 11.3. The summed E-state index contributed by atoms with van der Waals surface area (Å²) in [6.45, 7) is 5.18. The Hall–Kier alpha value is -1.06. The van der Waals surface area contributed by atoms with Crippen LogP contribution in [0.2, 0.25) is 0 Å². The molecule has 0 bridgehead atoms. The molecule has 1 N–H and O–H groups in total. The molecule has 1 aromatic rings. The molecule has 1 aromatic carbocycles. The van der Waals surface area contributed by atoms with Crippen molar-refractivity contribution >= 4 is 0 Å². The van der Waals surface area contributed by atoms with E-state index >= 15 is 0 Å². The van der Waals surface area contributed by atoms with Crippen molar-refractivity contribution in [1.29, 1.82) is 0 Å². The second kappa shape index (κ2) is 5.52. The Balaban J connectivity index is 2.03. The summed E-state index contributed by atoms with van der Waals surface area (Å²) in [5.74, 6) is 0.765. The van der Waals surface area contributed by atoms with E-state index in [0.29, 0.717) is 6.61 Å². The number of aryl methyl sites for hydroxylation is 1. The smallest absolute Gasteiger partial charge is 0.125 e. The van der Waals surface area contributed by atoms with Crippen molar-refractivity contribution < 1.29 is 14.6 Å². The van der Waals surface area contributed by atoms with Crippen LogP contribution in [0.3, 0.4) is 0 Å². The van der Waals surface area contributed by atoms with Crippen molar-refractivity contribution in [1.82, 2.24) is 0 Å². The molecule has 0 spiro atoms. The first-order valence-electron chi connectivity index (χ1n) is 6.20. The number of hydrogen-bond acceptors (Lipinski definition) is 3. The lowest BCUT2D eigenvalue weighted by Crippen LogP contribution is -2.17. The maximum absolute atomic E-state index is 9.71. The van der Waals surface area contributed by atoms with E-state index in [1.165, 1.54) is 0 Å². The fourth-order valence-electron chi connectivity index (χ4n) is 2.08.